The maximum absolute atomic E-state index is 3.97. The summed E-state index contributed by atoms with van der Waals surface area (Å²) in [7, 11) is 0. The maximum Gasteiger partial charge on any atom is 0.0329 e. The molecule has 0 amide bonds. The number of hydrazone groups is 1. The van der Waals surface area contributed by atoms with E-state index in [4.69, 9.17) is 0 Å². The van der Waals surface area contributed by atoms with Crippen molar-refractivity contribution in [1.82, 2.24) is 5.43 Å². The second kappa shape index (κ2) is 3.37. The van der Waals surface area contributed by atoms with Crippen molar-refractivity contribution in [3.63, 3.8) is 0 Å². The number of nitrogens with zero attached hydrogens (tertiary/aromatic N) is 1. The summed E-state index contributed by atoms with van der Waals surface area (Å²) >= 11 is 2.42. The molecule has 0 spiro atoms. The summed E-state index contributed by atoms with van der Waals surface area (Å²) in [5.41, 5.74) is 4.18. The number of hydrogen-bond acceptors (Lipinski definition) is 2. The molecule has 3 heteroatoms. The first-order valence-corrected chi connectivity index (χ1v) is 4.56. The summed E-state index contributed by atoms with van der Waals surface area (Å²) in [6.07, 6.45) is 3.92. The van der Waals surface area contributed by atoms with Gasteiger partial charge in [-0.15, -0.1) is 0 Å². The van der Waals surface area contributed by atoms with Crippen molar-refractivity contribution in [2.75, 3.05) is 0 Å². The zero-order valence-electron chi connectivity index (χ0n) is 6.13. The van der Waals surface area contributed by atoms with Gasteiger partial charge >= 0.3 is 0 Å². The zero-order chi connectivity index (χ0) is 7.56. The Bertz CT molecular complexity index is 172. The lowest BCUT2D eigenvalue weighted by molar-refractivity contribution is 0.765. The lowest BCUT2D eigenvalue weighted by Gasteiger charge is -2.18. The Labute approximate surface area is 74.9 Å². The molecule has 2 atom stereocenters. The van der Waals surface area contributed by atoms with Crippen molar-refractivity contribution in [2.45, 2.75) is 17.8 Å². The topological polar surface area (TPSA) is 24.4 Å². The van der Waals surface area contributed by atoms with Crippen LogP contribution >= 0.6 is 22.6 Å². The number of allylic oxidation sites excluding steroid dienone is 1. The van der Waals surface area contributed by atoms with Gasteiger partial charge in [0.25, 0.3) is 0 Å². The highest BCUT2D eigenvalue weighted by Crippen LogP contribution is 2.20. The van der Waals surface area contributed by atoms with Crippen LogP contribution in [0.1, 0.15) is 13.8 Å². The summed E-state index contributed by atoms with van der Waals surface area (Å²) in [5, 5.41) is 3.97. The summed E-state index contributed by atoms with van der Waals surface area (Å²) in [5.74, 6) is 0.516. The molecule has 2 nitrogen and oxygen atoms in total. The second-order valence-electron chi connectivity index (χ2n) is 2.50. The van der Waals surface area contributed by atoms with Gasteiger partial charge in [0, 0.05) is 22.3 Å². The number of rotatable bonds is 1. The molecule has 56 valence electrons. The van der Waals surface area contributed by atoms with Gasteiger partial charge in [-0.25, -0.2) is 0 Å². The molecule has 0 aromatic rings. The third kappa shape index (κ3) is 1.71. The van der Waals surface area contributed by atoms with Crippen molar-refractivity contribution in [2.24, 2.45) is 11.0 Å². The molecular formula is C7H11IN2. The minimum Gasteiger partial charge on any atom is -0.286 e. The molecule has 0 aromatic carbocycles. The maximum atomic E-state index is 3.97. The van der Waals surface area contributed by atoms with Crippen LogP contribution in [0.4, 0.5) is 0 Å². The minimum absolute atomic E-state index is 0.516. The Kier molecular flexibility index (Phi) is 2.71. The SMILES string of the molecule is CC1=CNN=CC1C(C)I. The van der Waals surface area contributed by atoms with Gasteiger partial charge in [-0.1, -0.05) is 29.5 Å². The van der Waals surface area contributed by atoms with E-state index >= 15 is 0 Å². The van der Waals surface area contributed by atoms with Crippen LogP contribution in [0.3, 0.4) is 0 Å². The number of hydrogen-bond donors (Lipinski definition) is 1. The molecule has 1 rings (SSSR count). The van der Waals surface area contributed by atoms with E-state index in [1.165, 1.54) is 5.57 Å². The van der Waals surface area contributed by atoms with Gasteiger partial charge < -0.3 is 0 Å². The smallest absolute Gasteiger partial charge is 0.0329 e. The highest BCUT2D eigenvalue weighted by molar-refractivity contribution is 14.1. The third-order valence-corrected chi connectivity index (χ3v) is 2.40. The van der Waals surface area contributed by atoms with E-state index in [-0.39, 0.29) is 0 Å². The summed E-state index contributed by atoms with van der Waals surface area (Å²) in [4.78, 5) is 0. The Morgan fingerprint density at radius 2 is 2.50 bits per heavy atom. The van der Waals surface area contributed by atoms with Gasteiger partial charge in [0.15, 0.2) is 0 Å². The van der Waals surface area contributed by atoms with Crippen LogP contribution in [0.2, 0.25) is 0 Å². The monoisotopic (exact) mass is 250 g/mol. The van der Waals surface area contributed by atoms with Crippen LogP contribution in [0.15, 0.2) is 16.9 Å². The average Bonchev–Trinajstić information content (AvgIpc) is 1.88. The second-order valence-corrected chi connectivity index (χ2v) is 4.46. The molecule has 1 aliphatic rings. The highest BCUT2D eigenvalue weighted by Gasteiger charge is 2.15. The Balaban J connectivity index is 2.65. The summed E-state index contributed by atoms with van der Waals surface area (Å²) in [6, 6.07) is 0. The van der Waals surface area contributed by atoms with Crippen molar-refractivity contribution >= 4 is 28.8 Å². The fourth-order valence-electron chi connectivity index (χ4n) is 0.957. The highest BCUT2D eigenvalue weighted by atomic mass is 127. The minimum atomic E-state index is 0.516. The van der Waals surface area contributed by atoms with E-state index in [0.29, 0.717) is 9.84 Å². The van der Waals surface area contributed by atoms with Crippen LogP contribution in [0, 0.1) is 5.92 Å². The summed E-state index contributed by atoms with van der Waals surface area (Å²) < 4.78 is 0.625. The first-order valence-electron chi connectivity index (χ1n) is 3.31. The average molecular weight is 250 g/mol. The zero-order valence-corrected chi connectivity index (χ0v) is 8.29. The predicted octanol–water partition coefficient (Wildman–Crippen LogP) is 1.92. The Morgan fingerprint density at radius 3 is 2.90 bits per heavy atom. The lowest BCUT2D eigenvalue weighted by atomic mass is 9.99. The first-order chi connectivity index (χ1) is 4.72. The van der Waals surface area contributed by atoms with E-state index in [1.807, 2.05) is 12.4 Å². The summed E-state index contributed by atoms with van der Waals surface area (Å²) in [6.45, 7) is 4.32. The molecule has 0 saturated carbocycles. The largest absolute Gasteiger partial charge is 0.286 e. The van der Waals surface area contributed by atoms with Crippen LogP contribution in [-0.4, -0.2) is 10.1 Å². The number of halogens is 1. The van der Waals surface area contributed by atoms with E-state index in [9.17, 15) is 0 Å². The molecule has 0 fully saturated rings. The lowest BCUT2D eigenvalue weighted by Crippen LogP contribution is -2.20. The van der Waals surface area contributed by atoms with Crippen molar-refractivity contribution in [3.05, 3.63) is 11.8 Å². The number of nitrogens with one attached hydrogen (secondary N) is 1. The Morgan fingerprint density at radius 1 is 1.80 bits per heavy atom. The van der Waals surface area contributed by atoms with Crippen LogP contribution in [-0.2, 0) is 0 Å². The van der Waals surface area contributed by atoms with Crippen molar-refractivity contribution in [1.29, 1.82) is 0 Å². The van der Waals surface area contributed by atoms with E-state index < -0.39 is 0 Å². The van der Waals surface area contributed by atoms with E-state index in [0.717, 1.165) is 0 Å². The molecule has 1 aliphatic heterocycles. The van der Waals surface area contributed by atoms with Crippen LogP contribution < -0.4 is 5.43 Å². The standard InChI is InChI=1S/C7H11IN2/c1-5-3-9-10-4-7(5)6(2)8/h3-4,6-7,9H,1-2H3. The number of alkyl halides is 1. The van der Waals surface area contributed by atoms with E-state index in [2.05, 4.69) is 47.0 Å². The van der Waals surface area contributed by atoms with Gasteiger partial charge in [0.2, 0.25) is 0 Å². The fourth-order valence-corrected chi connectivity index (χ4v) is 1.71. The van der Waals surface area contributed by atoms with Gasteiger partial charge in [0.1, 0.15) is 0 Å². The first kappa shape index (κ1) is 8.04. The van der Waals surface area contributed by atoms with Gasteiger partial charge in [-0.2, -0.15) is 5.10 Å². The molecule has 0 saturated heterocycles. The fraction of sp³-hybridized carbons (Fsp3) is 0.571. The van der Waals surface area contributed by atoms with Crippen molar-refractivity contribution < 1.29 is 0 Å². The molecule has 0 aromatic heterocycles. The Hall–Kier alpha value is -0.0600. The van der Waals surface area contributed by atoms with Crippen LogP contribution in [0.25, 0.3) is 0 Å². The van der Waals surface area contributed by atoms with Gasteiger partial charge in [-0.3, -0.25) is 5.43 Å². The predicted molar refractivity (Wildman–Crippen MR) is 52.4 cm³/mol. The molecule has 0 aliphatic carbocycles. The third-order valence-electron chi connectivity index (χ3n) is 1.62. The molecule has 0 radical (unpaired) electrons. The molecule has 2 unspecified atom stereocenters. The molecule has 10 heavy (non-hydrogen) atoms. The van der Waals surface area contributed by atoms with E-state index in [1.54, 1.807) is 0 Å². The van der Waals surface area contributed by atoms with Crippen molar-refractivity contribution in [3.8, 4) is 0 Å². The van der Waals surface area contributed by atoms with Gasteiger partial charge in [-0.05, 0) is 12.5 Å². The molecular weight excluding hydrogens is 239 g/mol. The quantitative estimate of drug-likeness (QED) is 0.558. The van der Waals surface area contributed by atoms with Gasteiger partial charge in [0.05, 0.1) is 0 Å². The molecule has 1 N–H and O–H groups in total. The normalized spacial score (nSPS) is 27.1. The molecule has 0 bridgehead atoms. The van der Waals surface area contributed by atoms with Crippen LogP contribution in [0.5, 0.6) is 0 Å². The molecule has 1 heterocycles.